The van der Waals surface area contributed by atoms with Crippen LogP contribution in [0.25, 0.3) is 20.8 Å². The predicted octanol–water partition coefficient (Wildman–Crippen LogP) is 6.06. The quantitative estimate of drug-likeness (QED) is 0.412. The van der Waals surface area contributed by atoms with Crippen molar-refractivity contribution in [1.29, 1.82) is 0 Å². The summed E-state index contributed by atoms with van der Waals surface area (Å²) in [6, 6.07) is 13.7. The normalized spacial score (nSPS) is 13.2. The van der Waals surface area contributed by atoms with Crippen LogP contribution in [-0.2, 0) is 17.6 Å². The van der Waals surface area contributed by atoms with Gasteiger partial charge in [0, 0.05) is 10.4 Å². The lowest BCUT2D eigenvalue weighted by molar-refractivity contribution is -0.118. The number of para-hydroxylation sites is 1. The molecule has 0 aliphatic heterocycles. The molecule has 1 aliphatic carbocycles. The zero-order valence-electron chi connectivity index (χ0n) is 16.1. The minimum Gasteiger partial charge on any atom is -0.484 e. The number of nitrogens with zero attached hydrogens (tertiary/aromatic N) is 1. The Kier molecular flexibility index (Phi) is 5.23. The molecule has 0 saturated heterocycles. The van der Waals surface area contributed by atoms with Gasteiger partial charge in [0.1, 0.15) is 21.6 Å². The lowest BCUT2D eigenvalue weighted by Gasteiger charge is -2.12. The topological polar surface area (TPSA) is 51.2 Å². The molecule has 0 atom stereocenters. The highest BCUT2D eigenvalue weighted by atomic mass is 32.1. The molecular weight excluding hydrogens is 419 g/mol. The summed E-state index contributed by atoms with van der Waals surface area (Å²) in [7, 11) is 0. The first-order valence-electron chi connectivity index (χ1n) is 9.86. The molecule has 2 heterocycles. The second-order valence-electron chi connectivity index (χ2n) is 7.19. The van der Waals surface area contributed by atoms with Crippen LogP contribution in [0.2, 0.25) is 0 Å². The zero-order chi connectivity index (χ0) is 20.5. The number of aromatic nitrogens is 1. The Morgan fingerprint density at radius 3 is 2.70 bits per heavy atom. The third-order valence-corrected chi connectivity index (χ3v) is 7.38. The maximum Gasteiger partial charge on any atom is 0.262 e. The molecule has 152 valence electrons. The largest absolute Gasteiger partial charge is 0.484 e. The van der Waals surface area contributed by atoms with Crippen molar-refractivity contribution in [3.8, 4) is 16.3 Å². The summed E-state index contributed by atoms with van der Waals surface area (Å²) < 4.78 is 19.7. The first-order valence-corrected chi connectivity index (χ1v) is 11.5. The van der Waals surface area contributed by atoms with Gasteiger partial charge in [0.15, 0.2) is 6.61 Å². The summed E-state index contributed by atoms with van der Waals surface area (Å²) >= 11 is 3.31. The predicted molar refractivity (Wildman–Crippen MR) is 120 cm³/mol. The van der Waals surface area contributed by atoms with Gasteiger partial charge >= 0.3 is 0 Å². The van der Waals surface area contributed by atoms with Gasteiger partial charge in [-0.25, -0.2) is 9.37 Å². The molecule has 5 rings (SSSR count). The van der Waals surface area contributed by atoms with Crippen molar-refractivity contribution in [3.63, 3.8) is 0 Å². The summed E-state index contributed by atoms with van der Waals surface area (Å²) in [5, 5.41) is 4.83. The minimum atomic E-state index is -0.337. The molecule has 7 heteroatoms. The smallest absolute Gasteiger partial charge is 0.262 e. The average Bonchev–Trinajstić information content (AvgIpc) is 3.33. The van der Waals surface area contributed by atoms with Gasteiger partial charge in [0.05, 0.1) is 10.2 Å². The van der Waals surface area contributed by atoms with E-state index < -0.39 is 0 Å². The van der Waals surface area contributed by atoms with E-state index in [1.165, 1.54) is 41.1 Å². The van der Waals surface area contributed by atoms with E-state index >= 15 is 0 Å². The SMILES string of the molecule is O=C(COc1ccc(F)cc1)Nc1sc2c(c1-c1nc3ccccc3s1)CCCC2. The standard InChI is InChI=1S/C23H19FN2O2S2/c24-14-9-11-15(12-10-14)28-13-20(27)26-23-21(16-5-1-3-7-18(16)29-23)22-25-17-6-2-4-8-19(17)30-22/h2,4,6,8-12H,1,3,5,7,13H2,(H,26,27). The Morgan fingerprint density at radius 1 is 1.07 bits per heavy atom. The Morgan fingerprint density at radius 2 is 1.87 bits per heavy atom. The fourth-order valence-electron chi connectivity index (χ4n) is 3.70. The van der Waals surface area contributed by atoms with Gasteiger partial charge in [0.25, 0.3) is 5.91 Å². The van der Waals surface area contributed by atoms with E-state index in [1.807, 2.05) is 18.2 Å². The highest BCUT2D eigenvalue weighted by molar-refractivity contribution is 7.22. The van der Waals surface area contributed by atoms with Crippen molar-refractivity contribution >= 4 is 43.8 Å². The van der Waals surface area contributed by atoms with Gasteiger partial charge in [-0.05, 0) is 67.6 Å². The monoisotopic (exact) mass is 438 g/mol. The van der Waals surface area contributed by atoms with Gasteiger partial charge in [-0.1, -0.05) is 12.1 Å². The number of ether oxygens (including phenoxy) is 1. The van der Waals surface area contributed by atoms with Crippen LogP contribution in [0.15, 0.2) is 48.5 Å². The number of hydrogen-bond acceptors (Lipinski definition) is 5. The number of thiophene rings is 1. The van der Waals surface area contributed by atoms with Gasteiger partial charge in [-0.3, -0.25) is 4.79 Å². The van der Waals surface area contributed by atoms with Crippen LogP contribution in [0.4, 0.5) is 9.39 Å². The Bertz CT molecular complexity index is 1180. The van der Waals surface area contributed by atoms with Crippen molar-refractivity contribution in [2.24, 2.45) is 0 Å². The van der Waals surface area contributed by atoms with Crippen molar-refractivity contribution in [3.05, 3.63) is 64.8 Å². The molecule has 2 aromatic heterocycles. The van der Waals surface area contributed by atoms with Gasteiger partial charge in [-0.15, -0.1) is 22.7 Å². The van der Waals surface area contributed by atoms with Gasteiger partial charge < -0.3 is 10.1 Å². The van der Waals surface area contributed by atoms with Gasteiger partial charge in [-0.2, -0.15) is 0 Å². The second kappa shape index (κ2) is 8.16. The van der Waals surface area contributed by atoms with Gasteiger partial charge in [0.2, 0.25) is 0 Å². The molecule has 30 heavy (non-hydrogen) atoms. The van der Waals surface area contributed by atoms with Crippen LogP contribution in [0.5, 0.6) is 5.75 Å². The number of hydrogen-bond donors (Lipinski definition) is 1. The summed E-state index contributed by atoms with van der Waals surface area (Å²) in [5.41, 5.74) is 3.36. The molecule has 4 nitrogen and oxygen atoms in total. The molecule has 0 spiro atoms. The van der Waals surface area contributed by atoms with E-state index in [-0.39, 0.29) is 18.3 Å². The molecule has 2 aromatic carbocycles. The molecule has 1 aliphatic rings. The number of aryl methyl sites for hydroxylation is 1. The zero-order valence-corrected chi connectivity index (χ0v) is 17.7. The molecule has 4 aromatic rings. The first-order chi connectivity index (χ1) is 14.7. The number of halogens is 1. The van der Waals surface area contributed by atoms with Crippen LogP contribution >= 0.6 is 22.7 Å². The maximum absolute atomic E-state index is 13.0. The summed E-state index contributed by atoms with van der Waals surface area (Å²) in [6.07, 6.45) is 4.38. The van der Waals surface area contributed by atoms with E-state index in [0.29, 0.717) is 5.75 Å². The third kappa shape index (κ3) is 3.82. The molecular formula is C23H19FN2O2S2. The number of carbonyl (C=O) groups is 1. The highest BCUT2D eigenvalue weighted by Crippen LogP contribution is 2.46. The Labute approximate surface area is 181 Å². The van der Waals surface area contributed by atoms with Crippen LogP contribution in [0.3, 0.4) is 0 Å². The summed E-state index contributed by atoms with van der Waals surface area (Å²) in [4.78, 5) is 18.8. The number of rotatable bonds is 5. The number of thiazole rings is 1. The van der Waals surface area contributed by atoms with E-state index in [9.17, 15) is 9.18 Å². The van der Waals surface area contributed by atoms with E-state index in [2.05, 4.69) is 11.4 Å². The minimum absolute atomic E-state index is 0.131. The average molecular weight is 439 g/mol. The van der Waals surface area contributed by atoms with Crippen LogP contribution in [-0.4, -0.2) is 17.5 Å². The van der Waals surface area contributed by atoms with Crippen molar-refractivity contribution < 1.29 is 13.9 Å². The lowest BCUT2D eigenvalue weighted by Crippen LogP contribution is -2.20. The Hall–Kier alpha value is -2.77. The molecule has 1 amide bonds. The summed E-state index contributed by atoms with van der Waals surface area (Å²) in [5.74, 6) is -0.111. The van der Waals surface area contributed by atoms with Crippen molar-refractivity contribution in [2.45, 2.75) is 25.7 Å². The fourth-order valence-corrected chi connectivity index (χ4v) is 6.12. The molecule has 0 bridgehead atoms. The van der Waals surface area contributed by atoms with Crippen LogP contribution in [0.1, 0.15) is 23.3 Å². The lowest BCUT2D eigenvalue weighted by atomic mass is 9.96. The highest BCUT2D eigenvalue weighted by Gasteiger charge is 2.25. The summed E-state index contributed by atoms with van der Waals surface area (Å²) in [6.45, 7) is -0.131. The first kappa shape index (κ1) is 19.2. The third-order valence-electron chi connectivity index (χ3n) is 5.12. The van der Waals surface area contributed by atoms with Crippen LogP contribution < -0.4 is 10.1 Å². The Balaban J connectivity index is 1.42. The number of nitrogens with one attached hydrogen (secondary N) is 1. The van der Waals surface area contributed by atoms with Crippen LogP contribution in [0, 0.1) is 5.82 Å². The molecule has 0 saturated carbocycles. The van der Waals surface area contributed by atoms with E-state index in [0.717, 1.165) is 45.1 Å². The molecule has 0 unspecified atom stereocenters. The van der Waals surface area contributed by atoms with E-state index in [1.54, 1.807) is 22.7 Å². The van der Waals surface area contributed by atoms with Crippen molar-refractivity contribution in [1.82, 2.24) is 4.98 Å². The van der Waals surface area contributed by atoms with Crippen molar-refractivity contribution in [2.75, 3.05) is 11.9 Å². The number of anilines is 1. The molecule has 0 radical (unpaired) electrons. The maximum atomic E-state index is 13.0. The molecule has 1 N–H and O–H groups in total. The fraction of sp³-hybridized carbons (Fsp3) is 0.217. The number of benzene rings is 2. The number of amides is 1. The van der Waals surface area contributed by atoms with E-state index in [4.69, 9.17) is 9.72 Å². The number of carbonyl (C=O) groups excluding carboxylic acids is 1. The molecule has 0 fully saturated rings. The number of fused-ring (bicyclic) bond motifs is 2. The second-order valence-corrected chi connectivity index (χ2v) is 9.33.